The fraction of sp³-hybridized carbons (Fsp3) is 0. The molecule has 0 bridgehead atoms. The van der Waals surface area contributed by atoms with E-state index in [1.165, 1.54) is 0 Å². The van der Waals surface area contributed by atoms with Crippen molar-refractivity contribution in [3.05, 3.63) is 140 Å². The Bertz CT molecular complexity index is 2420. The van der Waals surface area contributed by atoms with E-state index in [0.29, 0.717) is 0 Å². The van der Waals surface area contributed by atoms with Crippen molar-refractivity contribution in [2.75, 3.05) is 0 Å². The Morgan fingerprint density at radius 1 is 0.439 bits per heavy atom. The fourth-order valence-electron chi connectivity index (χ4n) is 6.42. The third-order valence-corrected chi connectivity index (χ3v) is 8.21. The van der Waals surface area contributed by atoms with Crippen molar-refractivity contribution >= 4 is 54.9 Å². The minimum Gasteiger partial charge on any atom is -0.455 e. The maximum absolute atomic E-state index is 6.60. The van der Waals surface area contributed by atoms with Crippen LogP contribution in [-0.2, 0) is 0 Å². The van der Waals surface area contributed by atoms with Crippen LogP contribution in [0, 0.1) is 0 Å². The Kier molecular flexibility index (Phi) is 4.61. The number of fused-ring (bicyclic) bond motifs is 8. The summed E-state index contributed by atoms with van der Waals surface area (Å²) in [5.41, 5.74) is 11.4. The summed E-state index contributed by atoms with van der Waals surface area (Å²) in [6.07, 6.45) is 0. The van der Waals surface area contributed by atoms with Gasteiger partial charge >= 0.3 is 0 Å². The van der Waals surface area contributed by atoms with E-state index >= 15 is 0 Å². The van der Waals surface area contributed by atoms with Gasteiger partial charge in [0.2, 0.25) is 0 Å². The average molecular weight is 526 g/mol. The van der Waals surface area contributed by atoms with Crippen molar-refractivity contribution in [3.8, 4) is 27.9 Å². The number of nitrogens with zero attached hydrogens (tertiary/aromatic N) is 1. The minimum absolute atomic E-state index is 0.882. The Hall–Kier alpha value is -5.54. The van der Waals surface area contributed by atoms with Crippen LogP contribution in [0.25, 0.3) is 82.9 Å². The predicted molar refractivity (Wildman–Crippen MR) is 169 cm³/mol. The molecule has 9 aromatic rings. The highest BCUT2D eigenvalue weighted by molar-refractivity contribution is 6.20. The third kappa shape index (κ3) is 3.20. The van der Waals surface area contributed by atoms with Crippen LogP contribution >= 0.6 is 0 Å². The van der Waals surface area contributed by atoms with Crippen molar-refractivity contribution in [2.45, 2.75) is 0 Å². The molecule has 3 nitrogen and oxygen atoms in total. The largest absolute Gasteiger partial charge is 0.455 e. The van der Waals surface area contributed by atoms with E-state index < -0.39 is 0 Å². The normalized spacial score (nSPS) is 11.9. The molecule has 3 heterocycles. The number of para-hydroxylation sites is 4. The van der Waals surface area contributed by atoms with Crippen LogP contribution in [-0.4, -0.2) is 4.57 Å². The Morgan fingerprint density at radius 3 is 1.98 bits per heavy atom. The van der Waals surface area contributed by atoms with Crippen molar-refractivity contribution in [1.29, 1.82) is 0 Å². The standard InChI is InChI=1S/C38H23NO2/c1-2-13-26(14-3-1)39-32-20-6-4-16-31(32)38-36(39)35-27(17-10-22-34(35)41-38)24-11-8-12-25(23-24)28-18-9-19-30-29-15-5-7-21-33(29)40-37(28)30/h1-23H. The molecule has 3 heteroatoms. The van der Waals surface area contributed by atoms with Gasteiger partial charge in [0.1, 0.15) is 22.3 Å². The van der Waals surface area contributed by atoms with Crippen molar-refractivity contribution in [1.82, 2.24) is 4.57 Å². The minimum atomic E-state index is 0.882. The SMILES string of the molecule is c1ccc(-n2c3ccccc3c3oc4cccc(-c5cccc(-c6cccc7c6oc6ccccc67)c5)c4c32)cc1. The highest BCUT2D eigenvalue weighted by Gasteiger charge is 2.22. The van der Waals surface area contributed by atoms with E-state index in [1.54, 1.807) is 0 Å². The van der Waals surface area contributed by atoms with E-state index in [1.807, 2.05) is 12.1 Å². The Labute approximate surface area is 235 Å². The molecule has 6 aromatic carbocycles. The molecule has 192 valence electrons. The van der Waals surface area contributed by atoms with Gasteiger partial charge in [0.25, 0.3) is 0 Å². The molecule has 0 saturated carbocycles. The van der Waals surface area contributed by atoms with Gasteiger partial charge in [-0.3, -0.25) is 0 Å². The molecule has 9 rings (SSSR count). The van der Waals surface area contributed by atoms with Gasteiger partial charge in [0, 0.05) is 27.4 Å². The van der Waals surface area contributed by atoms with Gasteiger partial charge in [0.05, 0.1) is 10.9 Å². The molecule has 0 aliphatic rings. The first-order chi connectivity index (χ1) is 20.3. The van der Waals surface area contributed by atoms with Crippen molar-refractivity contribution in [2.24, 2.45) is 0 Å². The predicted octanol–water partition coefficient (Wildman–Crippen LogP) is 10.8. The molecule has 41 heavy (non-hydrogen) atoms. The molecule has 0 spiro atoms. The lowest BCUT2D eigenvalue weighted by Gasteiger charge is -2.10. The van der Waals surface area contributed by atoms with Gasteiger partial charge in [-0.05, 0) is 59.2 Å². The summed E-state index contributed by atoms with van der Waals surface area (Å²) in [4.78, 5) is 0. The number of hydrogen-bond donors (Lipinski definition) is 0. The Balaban J connectivity index is 1.32. The lowest BCUT2D eigenvalue weighted by molar-refractivity contribution is 0.670. The van der Waals surface area contributed by atoms with Gasteiger partial charge in [-0.1, -0.05) is 97.1 Å². The van der Waals surface area contributed by atoms with Crippen LogP contribution in [0.3, 0.4) is 0 Å². The molecule has 0 amide bonds. The van der Waals surface area contributed by atoms with Gasteiger partial charge < -0.3 is 13.4 Å². The first-order valence-electron chi connectivity index (χ1n) is 13.9. The van der Waals surface area contributed by atoms with E-state index in [-0.39, 0.29) is 0 Å². The smallest absolute Gasteiger partial charge is 0.161 e. The molecule has 0 aliphatic heterocycles. The fourth-order valence-corrected chi connectivity index (χ4v) is 6.42. The van der Waals surface area contributed by atoms with Crippen LogP contribution in [0.5, 0.6) is 0 Å². The number of benzene rings is 6. The maximum Gasteiger partial charge on any atom is 0.161 e. The summed E-state index contributed by atoms with van der Waals surface area (Å²) in [5.74, 6) is 0. The van der Waals surface area contributed by atoms with Crippen LogP contribution in [0.15, 0.2) is 148 Å². The monoisotopic (exact) mass is 525 g/mol. The molecule has 0 fully saturated rings. The number of hydrogen-bond acceptors (Lipinski definition) is 2. The van der Waals surface area contributed by atoms with Gasteiger partial charge in [-0.25, -0.2) is 0 Å². The van der Waals surface area contributed by atoms with Crippen molar-refractivity contribution < 1.29 is 8.83 Å². The lowest BCUT2D eigenvalue weighted by atomic mass is 9.96. The number of furan rings is 2. The van der Waals surface area contributed by atoms with Crippen LogP contribution in [0.2, 0.25) is 0 Å². The van der Waals surface area contributed by atoms with Crippen LogP contribution in [0.1, 0.15) is 0 Å². The molecule has 0 radical (unpaired) electrons. The molecular weight excluding hydrogens is 502 g/mol. The van der Waals surface area contributed by atoms with Crippen molar-refractivity contribution in [3.63, 3.8) is 0 Å². The quantitative estimate of drug-likeness (QED) is 0.230. The van der Waals surface area contributed by atoms with Gasteiger partial charge in [0.15, 0.2) is 5.58 Å². The summed E-state index contributed by atoms with van der Waals surface area (Å²) in [6, 6.07) is 48.8. The lowest BCUT2D eigenvalue weighted by Crippen LogP contribution is -1.93. The molecule has 0 unspecified atom stereocenters. The highest BCUT2D eigenvalue weighted by atomic mass is 16.3. The van der Waals surface area contributed by atoms with Gasteiger partial charge in [-0.2, -0.15) is 0 Å². The van der Waals surface area contributed by atoms with E-state index in [2.05, 4.69) is 132 Å². The zero-order chi connectivity index (χ0) is 26.9. The van der Waals surface area contributed by atoms with Crippen LogP contribution in [0.4, 0.5) is 0 Å². The first-order valence-corrected chi connectivity index (χ1v) is 13.9. The zero-order valence-corrected chi connectivity index (χ0v) is 22.0. The second-order valence-electron chi connectivity index (χ2n) is 10.5. The molecule has 3 aromatic heterocycles. The second kappa shape index (κ2) is 8.48. The first kappa shape index (κ1) is 22.3. The Morgan fingerprint density at radius 2 is 1.07 bits per heavy atom. The second-order valence-corrected chi connectivity index (χ2v) is 10.5. The zero-order valence-electron chi connectivity index (χ0n) is 22.0. The molecule has 0 aliphatic carbocycles. The molecular formula is C38H23NO2. The maximum atomic E-state index is 6.60. The van der Waals surface area contributed by atoms with E-state index in [0.717, 1.165) is 82.9 Å². The van der Waals surface area contributed by atoms with E-state index in [9.17, 15) is 0 Å². The molecule has 0 atom stereocenters. The average Bonchev–Trinajstić information content (AvgIpc) is 3.70. The summed E-state index contributed by atoms with van der Waals surface area (Å²) < 4.78 is 15.3. The van der Waals surface area contributed by atoms with Gasteiger partial charge in [-0.15, -0.1) is 0 Å². The third-order valence-electron chi connectivity index (χ3n) is 8.21. The van der Waals surface area contributed by atoms with Crippen LogP contribution < -0.4 is 0 Å². The summed E-state index contributed by atoms with van der Waals surface area (Å²) >= 11 is 0. The summed E-state index contributed by atoms with van der Waals surface area (Å²) in [5, 5.41) is 4.50. The highest BCUT2D eigenvalue weighted by Crippen LogP contribution is 2.43. The number of rotatable bonds is 3. The number of aromatic nitrogens is 1. The molecule has 0 saturated heterocycles. The topological polar surface area (TPSA) is 31.2 Å². The summed E-state index contributed by atoms with van der Waals surface area (Å²) in [6.45, 7) is 0. The van der Waals surface area contributed by atoms with E-state index in [4.69, 9.17) is 8.83 Å². The summed E-state index contributed by atoms with van der Waals surface area (Å²) in [7, 11) is 0. The molecule has 0 N–H and O–H groups in total.